The molecule has 2 N–H and O–H groups in total. The number of nitrogens with zero attached hydrogens (tertiary/aromatic N) is 1. The monoisotopic (exact) mass is 510 g/mol. The third kappa shape index (κ3) is 5.34. The van der Waals surface area contributed by atoms with E-state index in [1.165, 1.54) is 36.4 Å². The standard InChI is InChI=1S/C25H16Cl2N2O6/c26-20-9-6-17(12-21(20)27)29-23(31)19(22(30)28-25(29)34)11-14-4-7-18(8-5-14)35-13-15-2-1-3-16(10-15)24(32)33/h1-12H,13H2,(H,32,33)(H,28,30,34)/b19-11+. The minimum absolute atomic E-state index is 0.150. The number of rotatable bonds is 6. The highest BCUT2D eigenvalue weighted by Gasteiger charge is 2.37. The topological polar surface area (TPSA) is 113 Å². The number of barbiturate groups is 1. The summed E-state index contributed by atoms with van der Waals surface area (Å²) in [7, 11) is 0. The maximum absolute atomic E-state index is 13.0. The summed E-state index contributed by atoms with van der Waals surface area (Å²) in [5, 5.41) is 11.6. The SMILES string of the molecule is O=C1NC(=O)N(c2ccc(Cl)c(Cl)c2)C(=O)/C1=C/c1ccc(OCc2cccc(C(=O)O)c2)cc1. The molecule has 4 amide bonds. The molecule has 0 aliphatic carbocycles. The van der Waals surface area contributed by atoms with Crippen LogP contribution in [-0.2, 0) is 16.2 Å². The number of halogens is 2. The van der Waals surface area contributed by atoms with E-state index < -0.39 is 23.8 Å². The van der Waals surface area contributed by atoms with Crippen LogP contribution in [0.4, 0.5) is 10.5 Å². The Kier molecular flexibility index (Phi) is 6.86. The summed E-state index contributed by atoms with van der Waals surface area (Å²) in [5.74, 6) is -2.16. The number of hydrogen-bond donors (Lipinski definition) is 2. The van der Waals surface area contributed by atoms with Crippen molar-refractivity contribution < 1.29 is 29.0 Å². The predicted molar refractivity (Wildman–Crippen MR) is 130 cm³/mol. The van der Waals surface area contributed by atoms with Gasteiger partial charge in [-0.25, -0.2) is 14.5 Å². The van der Waals surface area contributed by atoms with Crippen LogP contribution in [0.1, 0.15) is 21.5 Å². The van der Waals surface area contributed by atoms with Crippen LogP contribution in [0.3, 0.4) is 0 Å². The molecule has 0 saturated carbocycles. The van der Waals surface area contributed by atoms with E-state index >= 15 is 0 Å². The molecule has 10 heteroatoms. The zero-order valence-electron chi connectivity index (χ0n) is 17.8. The molecule has 8 nitrogen and oxygen atoms in total. The zero-order chi connectivity index (χ0) is 25.1. The summed E-state index contributed by atoms with van der Waals surface area (Å²) in [5.41, 5.74) is 1.29. The van der Waals surface area contributed by atoms with Gasteiger partial charge in [0.1, 0.15) is 17.9 Å². The summed E-state index contributed by atoms with van der Waals surface area (Å²) in [4.78, 5) is 49.6. The first-order valence-electron chi connectivity index (χ1n) is 10.1. The molecule has 3 aromatic carbocycles. The van der Waals surface area contributed by atoms with Crippen molar-refractivity contribution in [2.24, 2.45) is 0 Å². The van der Waals surface area contributed by atoms with Gasteiger partial charge < -0.3 is 9.84 Å². The molecule has 1 saturated heterocycles. The van der Waals surface area contributed by atoms with Gasteiger partial charge in [0, 0.05) is 0 Å². The van der Waals surface area contributed by atoms with Gasteiger partial charge in [-0.05, 0) is 59.7 Å². The molecule has 1 aliphatic rings. The van der Waals surface area contributed by atoms with Crippen molar-refractivity contribution in [3.8, 4) is 5.75 Å². The summed E-state index contributed by atoms with van der Waals surface area (Å²) in [6, 6.07) is 16.3. The van der Waals surface area contributed by atoms with Crippen molar-refractivity contribution >= 4 is 58.8 Å². The van der Waals surface area contributed by atoms with Gasteiger partial charge >= 0.3 is 12.0 Å². The molecule has 3 aromatic rings. The molecular formula is C25H16Cl2N2O6. The highest BCUT2D eigenvalue weighted by Crippen LogP contribution is 2.29. The molecule has 0 spiro atoms. The Labute approximate surface area is 209 Å². The molecule has 1 heterocycles. The Hall–Kier alpha value is -4.14. The Morgan fingerprint density at radius 2 is 1.71 bits per heavy atom. The van der Waals surface area contributed by atoms with Crippen LogP contribution < -0.4 is 15.0 Å². The van der Waals surface area contributed by atoms with E-state index in [9.17, 15) is 19.2 Å². The van der Waals surface area contributed by atoms with Gasteiger partial charge in [0.2, 0.25) is 0 Å². The van der Waals surface area contributed by atoms with Crippen molar-refractivity contribution in [1.82, 2.24) is 5.32 Å². The average Bonchev–Trinajstić information content (AvgIpc) is 2.83. The molecule has 0 unspecified atom stereocenters. The molecule has 0 bridgehead atoms. The normalized spacial score (nSPS) is 14.7. The molecule has 4 rings (SSSR count). The number of benzene rings is 3. The number of aromatic carboxylic acids is 1. The lowest BCUT2D eigenvalue weighted by atomic mass is 10.1. The van der Waals surface area contributed by atoms with Crippen molar-refractivity contribution in [3.63, 3.8) is 0 Å². The van der Waals surface area contributed by atoms with E-state index in [0.29, 0.717) is 16.9 Å². The Balaban J connectivity index is 1.51. The number of carbonyl (C=O) groups is 4. The smallest absolute Gasteiger partial charge is 0.335 e. The molecule has 35 heavy (non-hydrogen) atoms. The minimum Gasteiger partial charge on any atom is -0.489 e. The predicted octanol–water partition coefficient (Wildman–Crippen LogP) is 4.94. The first-order chi connectivity index (χ1) is 16.7. The number of urea groups is 1. The summed E-state index contributed by atoms with van der Waals surface area (Å²) in [6.07, 6.45) is 1.36. The number of hydrogen-bond acceptors (Lipinski definition) is 5. The lowest BCUT2D eigenvalue weighted by Crippen LogP contribution is -2.54. The molecule has 1 fully saturated rings. The Morgan fingerprint density at radius 1 is 0.971 bits per heavy atom. The third-order valence-electron chi connectivity index (χ3n) is 5.03. The summed E-state index contributed by atoms with van der Waals surface area (Å²) < 4.78 is 5.69. The number of anilines is 1. The highest BCUT2D eigenvalue weighted by atomic mass is 35.5. The number of nitrogens with one attached hydrogen (secondary N) is 1. The molecule has 1 aliphatic heterocycles. The first-order valence-corrected chi connectivity index (χ1v) is 10.9. The van der Waals surface area contributed by atoms with E-state index in [4.69, 9.17) is 33.0 Å². The number of imide groups is 2. The fourth-order valence-electron chi connectivity index (χ4n) is 3.30. The quantitative estimate of drug-likeness (QED) is 0.358. The second kappa shape index (κ2) is 10.0. The number of carboxylic acids is 1. The van der Waals surface area contributed by atoms with Gasteiger partial charge in [-0.3, -0.25) is 14.9 Å². The number of ether oxygens (including phenoxy) is 1. The van der Waals surface area contributed by atoms with Crippen molar-refractivity contribution in [2.45, 2.75) is 6.61 Å². The van der Waals surface area contributed by atoms with E-state index in [2.05, 4.69) is 5.32 Å². The van der Waals surface area contributed by atoms with Gasteiger partial charge in [0.25, 0.3) is 11.8 Å². The van der Waals surface area contributed by atoms with Gasteiger partial charge in [0.05, 0.1) is 21.3 Å². The van der Waals surface area contributed by atoms with Crippen LogP contribution >= 0.6 is 23.2 Å². The maximum Gasteiger partial charge on any atom is 0.335 e. The van der Waals surface area contributed by atoms with Crippen molar-refractivity contribution in [3.05, 3.63) is 99.0 Å². The fourth-order valence-corrected chi connectivity index (χ4v) is 3.60. The lowest BCUT2D eigenvalue weighted by molar-refractivity contribution is -0.122. The largest absolute Gasteiger partial charge is 0.489 e. The lowest BCUT2D eigenvalue weighted by Gasteiger charge is -2.26. The van der Waals surface area contributed by atoms with Gasteiger partial charge in [-0.2, -0.15) is 0 Å². The number of carbonyl (C=O) groups excluding carboxylic acids is 3. The van der Waals surface area contributed by atoms with Crippen molar-refractivity contribution in [1.29, 1.82) is 0 Å². The van der Waals surface area contributed by atoms with Gasteiger partial charge in [-0.15, -0.1) is 0 Å². The van der Waals surface area contributed by atoms with Crippen molar-refractivity contribution in [2.75, 3.05) is 4.90 Å². The highest BCUT2D eigenvalue weighted by molar-refractivity contribution is 6.43. The van der Waals surface area contributed by atoms with Crippen LogP contribution in [-0.4, -0.2) is 28.9 Å². The Bertz CT molecular complexity index is 1380. The van der Waals surface area contributed by atoms with Crippen LogP contribution in [0, 0.1) is 0 Å². The Morgan fingerprint density at radius 3 is 2.40 bits per heavy atom. The molecule has 0 aromatic heterocycles. The van der Waals surface area contributed by atoms with Crippen LogP contribution in [0.5, 0.6) is 5.75 Å². The second-order valence-corrected chi connectivity index (χ2v) is 8.23. The van der Waals surface area contributed by atoms with Gasteiger partial charge in [-0.1, -0.05) is 47.5 Å². The van der Waals surface area contributed by atoms with E-state index in [-0.39, 0.29) is 33.5 Å². The second-order valence-electron chi connectivity index (χ2n) is 7.42. The fraction of sp³-hybridized carbons (Fsp3) is 0.0400. The van der Waals surface area contributed by atoms with E-state index in [1.54, 1.807) is 36.4 Å². The average molecular weight is 511 g/mol. The van der Waals surface area contributed by atoms with Crippen LogP contribution in [0.2, 0.25) is 10.0 Å². The maximum atomic E-state index is 13.0. The van der Waals surface area contributed by atoms with E-state index in [1.807, 2.05) is 0 Å². The number of amides is 4. The summed E-state index contributed by atoms with van der Waals surface area (Å²) >= 11 is 11.9. The number of carboxylic acid groups (broad SMARTS) is 1. The molecule has 0 atom stereocenters. The van der Waals surface area contributed by atoms with Crippen LogP contribution in [0.25, 0.3) is 6.08 Å². The molecule has 176 valence electrons. The van der Waals surface area contributed by atoms with Gasteiger partial charge in [0.15, 0.2) is 0 Å². The zero-order valence-corrected chi connectivity index (χ0v) is 19.3. The van der Waals surface area contributed by atoms with Crippen LogP contribution in [0.15, 0.2) is 72.3 Å². The summed E-state index contributed by atoms with van der Waals surface area (Å²) in [6.45, 7) is 0.156. The molecule has 0 radical (unpaired) electrons. The minimum atomic E-state index is -1.02. The van der Waals surface area contributed by atoms with E-state index in [0.717, 1.165) is 4.90 Å². The first kappa shape index (κ1) is 24.0. The third-order valence-corrected chi connectivity index (χ3v) is 5.77. The molecular weight excluding hydrogens is 495 g/mol.